The van der Waals surface area contributed by atoms with Crippen molar-refractivity contribution >= 4 is 34.0 Å². The van der Waals surface area contributed by atoms with Crippen molar-refractivity contribution in [3.8, 4) is 12.3 Å². The second kappa shape index (κ2) is 8.21. The number of carbonyl (C=O) groups excluding carboxylic acids is 1. The third-order valence-corrected chi connectivity index (χ3v) is 5.10. The van der Waals surface area contributed by atoms with E-state index in [1.54, 1.807) is 11.0 Å². The molecule has 0 radical (unpaired) electrons. The molecule has 0 saturated carbocycles. The van der Waals surface area contributed by atoms with Crippen LogP contribution < -0.4 is 10.2 Å². The van der Waals surface area contributed by atoms with E-state index in [9.17, 15) is 4.79 Å². The Kier molecular flexibility index (Phi) is 5.31. The molecule has 30 heavy (non-hydrogen) atoms. The number of benzene rings is 2. The minimum Gasteiger partial charge on any atom is -0.366 e. The van der Waals surface area contributed by atoms with Crippen molar-refractivity contribution < 1.29 is 9.18 Å². The molecule has 1 N–H and O–H groups in total. The van der Waals surface area contributed by atoms with Gasteiger partial charge in [-0.15, -0.1) is 6.42 Å². The minimum atomic E-state index is -0.360. The number of piperazine rings is 1. The van der Waals surface area contributed by atoms with Crippen molar-refractivity contribution in [3.63, 3.8) is 0 Å². The molecular formula is C23H20FN5O. The monoisotopic (exact) mass is 401 g/mol. The molecule has 150 valence electrons. The lowest BCUT2D eigenvalue weighted by molar-refractivity contribution is -0.126. The topological polar surface area (TPSA) is 61.4 Å². The van der Waals surface area contributed by atoms with Crippen LogP contribution in [0.2, 0.25) is 0 Å². The Balaban J connectivity index is 1.61. The molecular weight excluding hydrogens is 381 g/mol. The van der Waals surface area contributed by atoms with E-state index in [1.807, 2.05) is 29.2 Å². The predicted octanol–water partition coefficient (Wildman–Crippen LogP) is 3.33. The first-order valence-corrected chi connectivity index (χ1v) is 9.53. The molecule has 1 amide bonds. The molecule has 1 fully saturated rings. The molecule has 1 aromatic heterocycles. The number of terminal acetylenes is 1. The number of hydrogen-bond donors (Lipinski definition) is 1. The van der Waals surface area contributed by atoms with E-state index in [0.29, 0.717) is 48.6 Å². The van der Waals surface area contributed by atoms with Crippen LogP contribution in [0.15, 0.2) is 55.4 Å². The zero-order valence-corrected chi connectivity index (χ0v) is 16.3. The zero-order valence-electron chi connectivity index (χ0n) is 16.3. The normalized spacial score (nSPS) is 13.7. The average Bonchev–Trinajstić information content (AvgIpc) is 2.79. The van der Waals surface area contributed by atoms with Crippen LogP contribution in [0, 0.1) is 18.2 Å². The van der Waals surface area contributed by atoms with Crippen LogP contribution in [0.3, 0.4) is 0 Å². The third kappa shape index (κ3) is 3.80. The Bertz CT molecular complexity index is 1160. The zero-order chi connectivity index (χ0) is 21.1. The van der Waals surface area contributed by atoms with Gasteiger partial charge in [-0.3, -0.25) is 4.79 Å². The van der Waals surface area contributed by atoms with Gasteiger partial charge in [-0.25, -0.2) is 14.4 Å². The number of hydrogen-bond acceptors (Lipinski definition) is 5. The Morgan fingerprint density at radius 1 is 1.20 bits per heavy atom. The van der Waals surface area contributed by atoms with Crippen molar-refractivity contribution in [1.82, 2.24) is 14.9 Å². The molecule has 2 heterocycles. The summed E-state index contributed by atoms with van der Waals surface area (Å²) < 4.78 is 15.0. The third-order valence-electron chi connectivity index (χ3n) is 5.10. The van der Waals surface area contributed by atoms with E-state index < -0.39 is 0 Å². The highest BCUT2D eigenvalue weighted by Crippen LogP contribution is 2.30. The van der Waals surface area contributed by atoms with Gasteiger partial charge in [0, 0.05) is 42.8 Å². The second-order valence-electron chi connectivity index (χ2n) is 6.91. The molecule has 1 aliphatic heterocycles. The number of nitrogens with one attached hydrogen (secondary N) is 1. The Morgan fingerprint density at radius 2 is 2.00 bits per heavy atom. The lowest BCUT2D eigenvalue weighted by atomic mass is 10.1. The Morgan fingerprint density at radius 3 is 2.73 bits per heavy atom. The van der Waals surface area contributed by atoms with Crippen molar-refractivity contribution in [1.29, 1.82) is 0 Å². The summed E-state index contributed by atoms with van der Waals surface area (Å²) >= 11 is 0. The molecule has 0 unspecified atom stereocenters. The molecule has 0 aliphatic carbocycles. The highest BCUT2D eigenvalue weighted by molar-refractivity contribution is 5.93. The number of amides is 1. The van der Waals surface area contributed by atoms with Crippen LogP contribution in [-0.2, 0) is 4.79 Å². The van der Waals surface area contributed by atoms with Gasteiger partial charge < -0.3 is 15.1 Å². The predicted molar refractivity (Wildman–Crippen MR) is 116 cm³/mol. The number of halogens is 1. The maximum absolute atomic E-state index is 15.0. The van der Waals surface area contributed by atoms with Crippen LogP contribution in [0.4, 0.5) is 21.6 Å². The Labute approximate surface area is 174 Å². The number of nitrogens with zero attached hydrogens (tertiary/aromatic N) is 4. The smallest absolute Gasteiger partial charge is 0.246 e. The van der Waals surface area contributed by atoms with E-state index >= 15 is 4.39 Å². The number of carbonyl (C=O) groups is 1. The van der Waals surface area contributed by atoms with Gasteiger partial charge in [0.15, 0.2) is 0 Å². The van der Waals surface area contributed by atoms with E-state index in [0.717, 1.165) is 11.3 Å². The average molecular weight is 401 g/mol. The van der Waals surface area contributed by atoms with E-state index in [-0.39, 0.29) is 11.7 Å². The first-order chi connectivity index (χ1) is 14.6. The van der Waals surface area contributed by atoms with Crippen LogP contribution in [0.5, 0.6) is 0 Å². The second-order valence-corrected chi connectivity index (χ2v) is 6.91. The largest absolute Gasteiger partial charge is 0.366 e. The van der Waals surface area contributed by atoms with Crippen LogP contribution >= 0.6 is 0 Å². The van der Waals surface area contributed by atoms with Crippen LogP contribution in [-0.4, -0.2) is 47.0 Å². The fraction of sp³-hybridized carbons (Fsp3) is 0.174. The highest BCUT2D eigenvalue weighted by atomic mass is 19.1. The molecule has 0 spiro atoms. The van der Waals surface area contributed by atoms with Gasteiger partial charge in [0.05, 0.1) is 11.2 Å². The minimum absolute atomic E-state index is 0.106. The summed E-state index contributed by atoms with van der Waals surface area (Å²) in [5, 5.41) is 3.77. The quantitative estimate of drug-likeness (QED) is 0.537. The lowest BCUT2D eigenvalue weighted by Crippen LogP contribution is -2.48. The van der Waals surface area contributed by atoms with Gasteiger partial charge >= 0.3 is 0 Å². The first-order valence-electron chi connectivity index (χ1n) is 9.53. The molecule has 2 aromatic carbocycles. The molecule has 7 heteroatoms. The summed E-state index contributed by atoms with van der Waals surface area (Å²) in [4.78, 5) is 24.0. The SMILES string of the molecule is C#Cc1cccc(Nc2ncnc3cc(N4CCN(C(=O)C=C)CC4)c(F)cc23)c1. The maximum Gasteiger partial charge on any atom is 0.246 e. The highest BCUT2D eigenvalue weighted by Gasteiger charge is 2.22. The van der Waals surface area contributed by atoms with Crippen molar-refractivity contribution in [2.45, 2.75) is 0 Å². The van der Waals surface area contributed by atoms with Crippen molar-refractivity contribution in [3.05, 3.63) is 66.8 Å². The molecule has 0 atom stereocenters. The summed E-state index contributed by atoms with van der Waals surface area (Å²) in [6.07, 6.45) is 8.20. The van der Waals surface area contributed by atoms with Gasteiger partial charge in [0.25, 0.3) is 0 Å². The van der Waals surface area contributed by atoms with Crippen molar-refractivity contribution in [2.75, 3.05) is 36.4 Å². The van der Waals surface area contributed by atoms with Gasteiger partial charge in [0.2, 0.25) is 5.91 Å². The van der Waals surface area contributed by atoms with Gasteiger partial charge in [0.1, 0.15) is 18.0 Å². The Hall–Kier alpha value is -3.92. The summed E-state index contributed by atoms with van der Waals surface area (Å²) in [7, 11) is 0. The van der Waals surface area contributed by atoms with E-state index in [1.165, 1.54) is 18.5 Å². The summed E-state index contributed by atoms with van der Waals surface area (Å²) in [6.45, 7) is 5.63. The van der Waals surface area contributed by atoms with E-state index in [2.05, 4.69) is 27.8 Å². The van der Waals surface area contributed by atoms with Crippen molar-refractivity contribution in [2.24, 2.45) is 0 Å². The number of aromatic nitrogens is 2. The summed E-state index contributed by atoms with van der Waals surface area (Å²) in [5.74, 6) is 2.62. The molecule has 0 bridgehead atoms. The fourth-order valence-corrected chi connectivity index (χ4v) is 3.53. The number of anilines is 3. The number of rotatable bonds is 4. The molecule has 6 nitrogen and oxygen atoms in total. The van der Waals surface area contributed by atoms with Crippen LogP contribution in [0.1, 0.15) is 5.56 Å². The molecule has 1 saturated heterocycles. The standard InChI is InChI=1S/C23H20FN5O/c1-3-16-6-5-7-17(12-16)27-23-18-13-19(24)21(14-20(18)25-15-26-23)28-8-10-29(11-9-28)22(30)4-2/h1,4-7,12-15H,2,8-11H2,(H,25,26,27). The maximum atomic E-state index is 15.0. The fourth-order valence-electron chi connectivity index (χ4n) is 3.53. The molecule has 1 aliphatic rings. The first kappa shape index (κ1) is 19.4. The number of fused-ring (bicyclic) bond motifs is 1. The molecule has 4 rings (SSSR count). The summed E-state index contributed by atoms with van der Waals surface area (Å²) in [6, 6.07) is 10.5. The van der Waals surface area contributed by atoms with Crippen LogP contribution in [0.25, 0.3) is 10.9 Å². The summed E-state index contributed by atoms with van der Waals surface area (Å²) in [5.41, 5.74) is 2.59. The molecule has 3 aromatic rings. The van der Waals surface area contributed by atoms with Gasteiger partial charge in [-0.2, -0.15) is 0 Å². The van der Waals surface area contributed by atoms with E-state index in [4.69, 9.17) is 6.42 Å². The van der Waals surface area contributed by atoms with Gasteiger partial charge in [-0.05, 0) is 36.4 Å². The van der Waals surface area contributed by atoms with Gasteiger partial charge in [-0.1, -0.05) is 18.6 Å². The lowest BCUT2D eigenvalue weighted by Gasteiger charge is -2.35.